The molecule has 5 nitrogen and oxygen atoms in total. The highest BCUT2D eigenvalue weighted by molar-refractivity contribution is 5.93. The number of carbonyl (C=O) groups is 1. The molecule has 4 rings (SSSR count). The van der Waals surface area contributed by atoms with Gasteiger partial charge >= 0.3 is 0 Å². The van der Waals surface area contributed by atoms with Gasteiger partial charge in [0.05, 0.1) is 0 Å². The van der Waals surface area contributed by atoms with Crippen LogP contribution in [-0.4, -0.2) is 61.3 Å². The lowest BCUT2D eigenvalue weighted by Gasteiger charge is -2.42. The lowest BCUT2D eigenvalue weighted by Crippen LogP contribution is -2.53. The molecule has 32 heavy (non-hydrogen) atoms. The maximum Gasteiger partial charge on any atom is 0.226 e. The second-order valence-electron chi connectivity index (χ2n) is 8.85. The highest BCUT2D eigenvalue weighted by Crippen LogP contribution is 2.27. The summed E-state index contributed by atoms with van der Waals surface area (Å²) < 4.78 is 19.5. The van der Waals surface area contributed by atoms with Crippen LogP contribution in [0.15, 0.2) is 54.6 Å². The highest BCUT2D eigenvalue weighted by Gasteiger charge is 2.31. The number of anilines is 1. The minimum atomic E-state index is -0.282. The van der Waals surface area contributed by atoms with Crippen molar-refractivity contribution < 1.29 is 13.9 Å². The second-order valence-corrected chi connectivity index (χ2v) is 8.85. The maximum absolute atomic E-state index is 13.4. The number of halogens is 1. The van der Waals surface area contributed by atoms with Crippen molar-refractivity contribution in [2.24, 2.45) is 5.92 Å². The molecule has 2 saturated heterocycles. The molecule has 2 aliphatic heterocycles. The summed E-state index contributed by atoms with van der Waals surface area (Å²) in [6, 6.07) is 16.9. The highest BCUT2D eigenvalue weighted by atomic mass is 19.1. The Hall–Kier alpha value is -2.28. The fourth-order valence-corrected chi connectivity index (χ4v) is 4.73. The molecule has 1 amide bonds. The third-order valence-electron chi connectivity index (χ3n) is 6.62. The number of amides is 1. The van der Waals surface area contributed by atoms with E-state index < -0.39 is 0 Å². The molecule has 0 radical (unpaired) electrons. The largest absolute Gasteiger partial charge is 0.363 e. The third-order valence-corrected chi connectivity index (χ3v) is 6.62. The number of piperazine rings is 1. The number of hydrogen-bond acceptors (Lipinski definition) is 4. The molecule has 2 unspecified atom stereocenters. The summed E-state index contributed by atoms with van der Waals surface area (Å²) in [5.74, 6) is 0.168. The first-order valence-electron chi connectivity index (χ1n) is 11.8. The zero-order valence-electron chi connectivity index (χ0n) is 19.0. The Morgan fingerprint density at radius 3 is 2.47 bits per heavy atom. The maximum atomic E-state index is 13.4. The van der Waals surface area contributed by atoms with Crippen LogP contribution < -0.4 is 4.90 Å². The molecule has 2 heterocycles. The van der Waals surface area contributed by atoms with E-state index in [9.17, 15) is 9.18 Å². The molecular weight excluding hydrogens is 405 g/mol. The number of hydrogen-bond donors (Lipinski definition) is 0. The summed E-state index contributed by atoms with van der Waals surface area (Å²) >= 11 is 0. The van der Waals surface area contributed by atoms with Crippen LogP contribution in [-0.2, 0) is 16.1 Å². The van der Waals surface area contributed by atoms with Crippen LogP contribution in [0, 0.1) is 11.7 Å². The molecule has 2 aromatic carbocycles. The molecule has 6 heteroatoms. The molecule has 0 aliphatic carbocycles. The Bertz CT molecular complexity index is 853. The van der Waals surface area contributed by atoms with Crippen molar-refractivity contribution in [3.63, 3.8) is 0 Å². The summed E-state index contributed by atoms with van der Waals surface area (Å²) in [5, 5.41) is 0. The van der Waals surface area contributed by atoms with Gasteiger partial charge in [-0.25, -0.2) is 4.39 Å². The topological polar surface area (TPSA) is 36.0 Å². The molecule has 0 N–H and O–H groups in total. The molecule has 2 fully saturated rings. The van der Waals surface area contributed by atoms with E-state index in [1.165, 1.54) is 17.7 Å². The minimum Gasteiger partial charge on any atom is -0.363 e. The zero-order valence-corrected chi connectivity index (χ0v) is 19.0. The fraction of sp³-hybridized carbons (Fsp3) is 0.500. The van der Waals surface area contributed by atoms with Crippen molar-refractivity contribution in [1.29, 1.82) is 0 Å². The Morgan fingerprint density at radius 1 is 1.06 bits per heavy atom. The minimum absolute atomic E-state index is 0.0779. The van der Waals surface area contributed by atoms with E-state index >= 15 is 0 Å². The number of benzene rings is 2. The van der Waals surface area contributed by atoms with Crippen LogP contribution in [0.3, 0.4) is 0 Å². The van der Waals surface area contributed by atoms with Gasteiger partial charge in [-0.15, -0.1) is 0 Å². The summed E-state index contributed by atoms with van der Waals surface area (Å²) in [4.78, 5) is 19.4. The molecule has 172 valence electrons. The first-order chi connectivity index (χ1) is 15.6. The molecule has 0 aromatic heterocycles. The van der Waals surface area contributed by atoms with Crippen LogP contribution in [0.2, 0.25) is 0 Å². The lowest BCUT2D eigenvalue weighted by molar-refractivity contribution is -0.121. The van der Waals surface area contributed by atoms with Crippen molar-refractivity contribution in [2.75, 3.05) is 44.2 Å². The zero-order chi connectivity index (χ0) is 22.3. The Kier molecular flexibility index (Phi) is 7.90. The normalized spacial score (nSPS) is 22.6. The molecule has 0 saturated carbocycles. The number of ether oxygens (including phenoxy) is 1. The predicted octanol–water partition coefficient (Wildman–Crippen LogP) is 4.14. The summed E-state index contributed by atoms with van der Waals surface area (Å²) in [5.41, 5.74) is 2.13. The number of carbonyl (C=O) groups excluding carboxylic acids is 1. The van der Waals surface area contributed by atoms with Gasteiger partial charge in [-0.05, 0) is 48.6 Å². The van der Waals surface area contributed by atoms with E-state index in [1.807, 2.05) is 11.8 Å². The number of nitrogens with zero attached hydrogens (tertiary/aromatic N) is 3. The summed E-state index contributed by atoms with van der Waals surface area (Å²) in [6.45, 7) is 8.32. The Morgan fingerprint density at radius 2 is 1.78 bits per heavy atom. The van der Waals surface area contributed by atoms with E-state index in [0.29, 0.717) is 18.9 Å². The second kappa shape index (κ2) is 11.0. The van der Waals surface area contributed by atoms with Crippen LogP contribution >= 0.6 is 0 Å². The van der Waals surface area contributed by atoms with Crippen molar-refractivity contribution in [3.05, 3.63) is 66.0 Å². The van der Waals surface area contributed by atoms with Gasteiger partial charge in [0.15, 0.2) is 0 Å². The van der Waals surface area contributed by atoms with E-state index in [2.05, 4.69) is 40.1 Å². The smallest absolute Gasteiger partial charge is 0.226 e. The van der Waals surface area contributed by atoms with Crippen molar-refractivity contribution in [3.8, 4) is 0 Å². The van der Waals surface area contributed by atoms with Crippen LogP contribution in [0.5, 0.6) is 0 Å². The molecule has 0 spiro atoms. The molecule has 2 aliphatic rings. The first kappa shape index (κ1) is 22.9. The SMILES string of the molecule is CCC(=O)N(CC1CCOC(N2CCN(Cc3ccccc3)CC2)C1)c1ccc(F)cc1. The van der Waals surface area contributed by atoms with Crippen LogP contribution in [0.25, 0.3) is 0 Å². The predicted molar refractivity (Wildman–Crippen MR) is 125 cm³/mol. The molecule has 2 aromatic rings. The summed E-state index contributed by atoms with van der Waals surface area (Å²) in [7, 11) is 0. The van der Waals surface area contributed by atoms with E-state index in [1.54, 1.807) is 12.1 Å². The van der Waals surface area contributed by atoms with Gasteiger partial charge in [0.25, 0.3) is 0 Å². The van der Waals surface area contributed by atoms with Gasteiger partial charge in [0, 0.05) is 58.0 Å². The standard InChI is InChI=1S/C26H34FN3O2/c1-2-25(31)30(24-10-8-23(27)9-11-24)20-22-12-17-32-26(18-22)29-15-13-28(14-16-29)19-21-6-4-3-5-7-21/h3-11,22,26H,2,12-20H2,1H3. The summed E-state index contributed by atoms with van der Waals surface area (Å²) in [6.07, 6.45) is 2.42. The monoisotopic (exact) mass is 439 g/mol. The van der Waals surface area contributed by atoms with E-state index in [-0.39, 0.29) is 18.0 Å². The van der Waals surface area contributed by atoms with Gasteiger partial charge in [-0.3, -0.25) is 14.6 Å². The molecule has 2 atom stereocenters. The molecule has 0 bridgehead atoms. The van der Waals surface area contributed by atoms with Gasteiger partial charge in [0.1, 0.15) is 12.0 Å². The van der Waals surface area contributed by atoms with Crippen molar-refractivity contribution >= 4 is 11.6 Å². The average molecular weight is 440 g/mol. The van der Waals surface area contributed by atoms with Gasteiger partial charge in [0.2, 0.25) is 5.91 Å². The van der Waals surface area contributed by atoms with E-state index in [0.717, 1.165) is 57.9 Å². The van der Waals surface area contributed by atoms with Gasteiger partial charge < -0.3 is 9.64 Å². The third kappa shape index (κ3) is 5.94. The first-order valence-corrected chi connectivity index (χ1v) is 11.8. The molecular formula is C26H34FN3O2. The van der Waals surface area contributed by atoms with Crippen molar-refractivity contribution in [2.45, 2.75) is 39.0 Å². The van der Waals surface area contributed by atoms with Gasteiger partial charge in [-0.2, -0.15) is 0 Å². The van der Waals surface area contributed by atoms with E-state index in [4.69, 9.17) is 4.74 Å². The quantitative estimate of drug-likeness (QED) is 0.650. The lowest BCUT2D eigenvalue weighted by atomic mass is 9.96. The fourth-order valence-electron chi connectivity index (χ4n) is 4.73. The van der Waals surface area contributed by atoms with Crippen LogP contribution in [0.1, 0.15) is 31.7 Å². The number of rotatable bonds is 7. The van der Waals surface area contributed by atoms with Crippen LogP contribution in [0.4, 0.5) is 10.1 Å². The van der Waals surface area contributed by atoms with Crippen molar-refractivity contribution in [1.82, 2.24) is 9.80 Å². The Labute approximate surface area is 190 Å². The van der Waals surface area contributed by atoms with Gasteiger partial charge in [-0.1, -0.05) is 37.3 Å². The Balaban J connectivity index is 1.31. The average Bonchev–Trinajstić information content (AvgIpc) is 2.84.